The van der Waals surface area contributed by atoms with Crippen LogP contribution in [0.15, 0.2) is 4.47 Å². The molecule has 5 nitrogen and oxygen atoms in total. The van der Waals surface area contributed by atoms with E-state index in [1.165, 1.54) is 0 Å². The van der Waals surface area contributed by atoms with Crippen molar-refractivity contribution >= 4 is 31.6 Å². The zero-order valence-electron chi connectivity index (χ0n) is 11.7. The van der Waals surface area contributed by atoms with Crippen LogP contribution in [0.25, 0.3) is 0 Å². The minimum absolute atomic E-state index is 0.00912. The Morgan fingerprint density at radius 1 is 1.50 bits per heavy atom. The summed E-state index contributed by atoms with van der Waals surface area (Å²) in [6.07, 6.45) is 2.07. The monoisotopic (exact) mass is 362 g/mol. The lowest BCUT2D eigenvalue weighted by molar-refractivity contribution is -0.119. The molecule has 20 heavy (non-hydrogen) atoms. The molecule has 1 aliphatic heterocycles. The first-order valence-corrected chi connectivity index (χ1v) is 9.36. The highest BCUT2D eigenvalue weighted by atomic mass is 79.9. The molecule has 112 valence electrons. The Morgan fingerprint density at radius 2 is 2.20 bits per heavy atom. The molecule has 2 rings (SSSR count). The number of hydrogen-bond donors (Lipinski definition) is 0. The van der Waals surface area contributed by atoms with Crippen LogP contribution in [0.4, 0.5) is 0 Å². The lowest BCUT2D eigenvalue weighted by Crippen LogP contribution is -2.14. The van der Waals surface area contributed by atoms with E-state index in [1.807, 2.05) is 14.0 Å². The molecule has 1 fully saturated rings. The van der Waals surface area contributed by atoms with Gasteiger partial charge < -0.3 is 0 Å². The summed E-state index contributed by atoms with van der Waals surface area (Å²) in [6.45, 7) is 2.02. The molecule has 1 aromatic heterocycles. The number of hydrogen-bond acceptors (Lipinski definition) is 4. The molecule has 1 aliphatic rings. The first-order chi connectivity index (χ1) is 9.32. The van der Waals surface area contributed by atoms with Gasteiger partial charge in [-0.05, 0) is 34.7 Å². The van der Waals surface area contributed by atoms with Crippen molar-refractivity contribution in [3.05, 3.63) is 15.9 Å². The summed E-state index contributed by atoms with van der Waals surface area (Å²) in [6, 6.07) is 0. The molecule has 0 radical (unpaired) electrons. The van der Waals surface area contributed by atoms with E-state index in [2.05, 4.69) is 21.0 Å². The SMILES string of the molecule is CCc1nn(C)c(CC(=O)CC2CCS(=O)(=O)C2)c1Br. The number of ketones is 1. The highest BCUT2D eigenvalue weighted by Crippen LogP contribution is 2.25. The van der Waals surface area contributed by atoms with E-state index in [0.29, 0.717) is 19.3 Å². The zero-order valence-corrected chi connectivity index (χ0v) is 14.1. The number of sulfone groups is 1. The maximum atomic E-state index is 12.1. The molecular formula is C13H19BrN2O3S. The van der Waals surface area contributed by atoms with Gasteiger partial charge in [-0.15, -0.1) is 0 Å². The van der Waals surface area contributed by atoms with Crippen LogP contribution >= 0.6 is 15.9 Å². The minimum Gasteiger partial charge on any atom is -0.299 e. The number of halogens is 1. The summed E-state index contributed by atoms with van der Waals surface area (Å²) in [7, 11) is -1.08. The number of rotatable bonds is 5. The fourth-order valence-electron chi connectivity index (χ4n) is 2.63. The average molecular weight is 363 g/mol. The van der Waals surface area contributed by atoms with Crippen molar-refractivity contribution in [3.8, 4) is 0 Å². The van der Waals surface area contributed by atoms with E-state index in [1.54, 1.807) is 4.68 Å². The van der Waals surface area contributed by atoms with Crippen molar-refractivity contribution < 1.29 is 13.2 Å². The lowest BCUT2D eigenvalue weighted by Gasteiger charge is -2.07. The molecule has 0 aliphatic carbocycles. The van der Waals surface area contributed by atoms with Crippen molar-refractivity contribution in [2.24, 2.45) is 13.0 Å². The predicted octanol–water partition coefficient (Wildman–Crippen LogP) is 1.68. The fraction of sp³-hybridized carbons (Fsp3) is 0.692. The van der Waals surface area contributed by atoms with Crippen LogP contribution in [0.5, 0.6) is 0 Å². The second kappa shape index (κ2) is 5.97. The Bertz CT molecular complexity index is 622. The van der Waals surface area contributed by atoms with Crippen LogP contribution in [-0.2, 0) is 34.5 Å². The molecular weight excluding hydrogens is 344 g/mol. The van der Waals surface area contributed by atoms with E-state index in [4.69, 9.17) is 0 Å². The molecule has 0 N–H and O–H groups in total. The predicted molar refractivity (Wildman–Crippen MR) is 80.4 cm³/mol. The number of nitrogens with zero attached hydrogens (tertiary/aromatic N) is 2. The van der Waals surface area contributed by atoms with Crippen molar-refractivity contribution in [2.75, 3.05) is 11.5 Å². The van der Waals surface area contributed by atoms with Crippen LogP contribution < -0.4 is 0 Å². The van der Waals surface area contributed by atoms with Gasteiger partial charge >= 0.3 is 0 Å². The van der Waals surface area contributed by atoms with Crippen molar-refractivity contribution in [1.29, 1.82) is 0 Å². The minimum atomic E-state index is -2.91. The number of carbonyl (C=O) groups excluding carboxylic acids is 1. The molecule has 1 aromatic rings. The molecule has 0 aromatic carbocycles. The van der Waals surface area contributed by atoms with Crippen molar-refractivity contribution in [3.63, 3.8) is 0 Å². The molecule has 7 heteroatoms. The van der Waals surface area contributed by atoms with Crippen LogP contribution in [0.3, 0.4) is 0 Å². The highest BCUT2D eigenvalue weighted by Gasteiger charge is 2.29. The summed E-state index contributed by atoms with van der Waals surface area (Å²) >= 11 is 3.49. The first kappa shape index (κ1) is 15.7. The van der Waals surface area contributed by atoms with Crippen LogP contribution in [0.1, 0.15) is 31.2 Å². The van der Waals surface area contributed by atoms with Gasteiger partial charge in [-0.25, -0.2) is 8.42 Å². The molecule has 0 amide bonds. The Labute approximate surface area is 127 Å². The first-order valence-electron chi connectivity index (χ1n) is 6.74. The van der Waals surface area contributed by atoms with E-state index in [-0.39, 0.29) is 23.2 Å². The average Bonchev–Trinajstić information content (AvgIpc) is 2.82. The molecule has 2 heterocycles. The molecule has 0 bridgehead atoms. The van der Waals surface area contributed by atoms with E-state index in [9.17, 15) is 13.2 Å². The fourth-order valence-corrected chi connectivity index (χ4v) is 5.24. The number of aromatic nitrogens is 2. The third-order valence-electron chi connectivity index (χ3n) is 3.71. The van der Waals surface area contributed by atoms with E-state index >= 15 is 0 Å². The van der Waals surface area contributed by atoms with Gasteiger partial charge in [-0.3, -0.25) is 9.48 Å². The normalized spacial score (nSPS) is 21.2. The molecule has 1 saturated heterocycles. The number of Topliss-reactive ketones (excluding diaryl/α,β-unsaturated/α-hetero) is 1. The topological polar surface area (TPSA) is 69.0 Å². The third kappa shape index (κ3) is 3.49. The highest BCUT2D eigenvalue weighted by molar-refractivity contribution is 9.10. The van der Waals surface area contributed by atoms with E-state index in [0.717, 1.165) is 22.3 Å². The van der Waals surface area contributed by atoms with Gasteiger partial charge in [-0.1, -0.05) is 6.92 Å². The van der Waals surface area contributed by atoms with Gasteiger partial charge in [0.25, 0.3) is 0 Å². The third-order valence-corrected chi connectivity index (χ3v) is 6.46. The van der Waals surface area contributed by atoms with Gasteiger partial charge in [0, 0.05) is 19.9 Å². The summed E-state index contributed by atoms with van der Waals surface area (Å²) in [5.41, 5.74) is 1.81. The smallest absolute Gasteiger partial charge is 0.150 e. The van der Waals surface area contributed by atoms with Gasteiger partial charge in [0.15, 0.2) is 9.84 Å². The Kier molecular flexibility index (Phi) is 4.69. The Balaban J connectivity index is 2.00. The zero-order chi connectivity index (χ0) is 14.9. The summed E-state index contributed by atoms with van der Waals surface area (Å²) in [4.78, 5) is 12.1. The van der Waals surface area contributed by atoms with Gasteiger partial charge in [0.1, 0.15) is 5.78 Å². The molecule has 0 saturated carbocycles. The quantitative estimate of drug-likeness (QED) is 0.798. The maximum absolute atomic E-state index is 12.1. The second-order valence-corrected chi connectivity index (χ2v) is 8.39. The number of aryl methyl sites for hydroxylation is 2. The van der Waals surface area contributed by atoms with Crippen molar-refractivity contribution in [1.82, 2.24) is 9.78 Å². The Hall–Kier alpha value is -0.690. The maximum Gasteiger partial charge on any atom is 0.150 e. The number of carbonyl (C=O) groups is 1. The Morgan fingerprint density at radius 3 is 2.70 bits per heavy atom. The van der Waals surface area contributed by atoms with E-state index < -0.39 is 9.84 Å². The van der Waals surface area contributed by atoms with Crippen molar-refractivity contribution in [2.45, 2.75) is 32.6 Å². The summed E-state index contributed by atoms with van der Waals surface area (Å²) in [5.74, 6) is 0.454. The lowest BCUT2D eigenvalue weighted by atomic mass is 9.99. The van der Waals surface area contributed by atoms with Crippen LogP contribution in [-0.4, -0.2) is 35.5 Å². The summed E-state index contributed by atoms with van der Waals surface area (Å²) in [5, 5.41) is 4.36. The molecule has 1 unspecified atom stereocenters. The largest absolute Gasteiger partial charge is 0.299 e. The second-order valence-electron chi connectivity index (χ2n) is 5.37. The van der Waals surface area contributed by atoms with Crippen LogP contribution in [0.2, 0.25) is 0 Å². The van der Waals surface area contributed by atoms with Crippen LogP contribution in [0, 0.1) is 5.92 Å². The standard InChI is InChI=1S/C13H19BrN2O3S/c1-3-11-13(14)12(16(2)15-11)7-10(17)6-9-4-5-20(18,19)8-9/h9H,3-8H2,1-2H3. The summed E-state index contributed by atoms with van der Waals surface area (Å²) < 4.78 is 25.4. The molecule has 1 atom stereocenters. The molecule has 0 spiro atoms. The van der Waals surface area contributed by atoms with Gasteiger partial charge in [0.2, 0.25) is 0 Å². The van der Waals surface area contributed by atoms with Gasteiger partial charge in [0.05, 0.1) is 27.4 Å². The van der Waals surface area contributed by atoms with Gasteiger partial charge in [-0.2, -0.15) is 5.10 Å².